The van der Waals surface area contributed by atoms with Gasteiger partial charge in [-0.25, -0.2) is 0 Å². The molecule has 0 aromatic heterocycles. The normalized spacial score (nSPS) is 12.3. The van der Waals surface area contributed by atoms with E-state index < -0.39 is 0 Å². The summed E-state index contributed by atoms with van der Waals surface area (Å²) in [4.78, 5) is 0. The molecule has 2 heteroatoms. The highest BCUT2D eigenvalue weighted by molar-refractivity contribution is 7.98. The van der Waals surface area contributed by atoms with Crippen molar-refractivity contribution in [3.05, 3.63) is 71.8 Å². The maximum Gasteiger partial charge on any atom is 0.0880 e. The number of aliphatic hydroxyl groups is 1. The summed E-state index contributed by atoms with van der Waals surface area (Å²) in [5, 5.41) is 9.98. The van der Waals surface area contributed by atoms with Crippen molar-refractivity contribution in [1.29, 1.82) is 0 Å². The van der Waals surface area contributed by atoms with E-state index in [4.69, 9.17) is 0 Å². The minimum atomic E-state index is -0.370. The first-order chi connectivity index (χ1) is 8.36. The lowest BCUT2D eigenvalue weighted by Gasteiger charge is -2.10. The van der Waals surface area contributed by atoms with Gasteiger partial charge in [-0.15, -0.1) is 0 Å². The number of rotatable bonds is 5. The van der Waals surface area contributed by atoms with Crippen LogP contribution in [-0.4, -0.2) is 10.9 Å². The Morgan fingerprint density at radius 2 is 1.47 bits per heavy atom. The minimum Gasteiger partial charge on any atom is -0.388 e. The van der Waals surface area contributed by atoms with Crippen LogP contribution in [0.3, 0.4) is 0 Å². The number of hydrogen-bond acceptors (Lipinski definition) is 2. The van der Waals surface area contributed by atoms with Crippen LogP contribution in [0.1, 0.15) is 17.2 Å². The van der Waals surface area contributed by atoms with E-state index in [2.05, 4.69) is 12.1 Å². The molecule has 0 aliphatic heterocycles. The Hall–Kier alpha value is -1.25. The van der Waals surface area contributed by atoms with E-state index in [0.29, 0.717) is 0 Å². The van der Waals surface area contributed by atoms with Crippen molar-refractivity contribution in [3.8, 4) is 0 Å². The average Bonchev–Trinajstić information content (AvgIpc) is 2.41. The van der Waals surface area contributed by atoms with E-state index >= 15 is 0 Å². The van der Waals surface area contributed by atoms with Crippen LogP contribution >= 0.6 is 11.8 Å². The van der Waals surface area contributed by atoms with Crippen LogP contribution in [0.4, 0.5) is 0 Å². The monoisotopic (exact) mass is 244 g/mol. The molecule has 0 saturated carbocycles. The second-order valence-electron chi connectivity index (χ2n) is 3.93. The highest BCUT2D eigenvalue weighted by atomic mass is 32.2. The second kappa shape index (κ2) is 6.48. The third-order valence-corrected chi connectivity index (χ3v) is 3.66. The summed E-state index contributed by atoms with van der Waals surface area (Å²) < 4.78 is 0. The summed E-state index contributed by atoms with van der Waals surface area (Å²) in [6.07, 6.45) is -0.370. The third-order valence-electron chi connectivity index (χ3n) is 2.57. The van der Waals surface area contributed by atoms with Gasteiger partial charge < -0.3 is 5.11 Å². The van der Waals surface area contributed by atoms with Gasteiger partial charge in [0, 0.05) is 11.5 Å². The molecule has 1 atom stereocenters. The smallest absolute Gasteiger partial charge is 0.0880 e. The van der Waals surface area contributed by atoms with Crippen molar-refractivity contribution >= 4 is 11.8 Å². The summed E-state index contributed by atoms with van der Waals surface area (Å²) in [6.45, 7) is 0. The molecule has 17 heavy (non-hydrogen) atoms. The number of benzene rings is 2. The van der Waals surface area contributed by atoms with E-state index in [-0.39, 0.29) is 6.10 Å². The molecule has 0 spiro atoms. The molecule has 0 aliphatic carbocycles. The van der Waals surface area contributed by atoms with Crippen LogP contribution in [-0.2, 0) is 5.75 Å². The molecule has 0 saturated heterocycles. The van der Waals surface area contributed by atoms with Crippen molar-refractivity contribution < 1.29 is 5.11 Å². The molecule has 0 unspecified atom stereocenters. The molecule has 0 radical (unpaired) electrons. The lowest BCUT2D eigenvalue weighted by Crippen LogP contribution is -2.00. The fourth-order valence-corrected chi connectivity index (χ4v) is 2.60. The predicted octanol–water partition coefficient (Wildman–Crippen LogP) is 3.65. The molecule has 0 heterocycles. The lowest BCUT2D eigenvalue weighted by atomic mass is 10.1. The van der Waals surface area contributed by atoms with Gasteiger partial charge in [0.2, 0.25) is 0 Å². The van der Waals surface area contributed by atoms with Gasteiger partial charge in [0.1, 0.15) is 0 Å². The van der Waals surface area contributed by atoms with Gasteiger partial charge in [-0.2, -0.15) is 11.8 Å². The van der Waals surface area contributed by atoms with Crippen LogP contribution < -0.4 is 0 Å². The molecule has 0 fully saturated rings. The van der Waals surface area contributed by atoms with Crippen molar-refractivity contribution in [1.82, 2.24) is 0 Å². The minimum absolute atomic E-state index is 0.370. The average molecular weight is 244 g/mol. The summed E-state index contributed by atoms with van der Waals surface area (Å²) in [5.41, 5.74) is 2.30. The highest BCUT2D eigenvalue weighted by Crippen LogP contribution is 2.20. The van der Waals surface area contributed by atoms with E-state index in [0.717, 1.165) is 17.1 Å². The van der Waals surface area contributed by atoms with Gasteiger partial charge in [0.05, 0.1) is 6.10 Å². The van der Waals surface area contributed by atoms with Crippen molar-refractivity contribution in [2.24, 2.45) is 0 Å². The molecule has 1 nitrogen and oxygen atoms in total. The molecule has 2 aromatic carbocycles. The van der Waals surface area contributed by atoms with Gasteiger partial charge in [-0.3, -0.25) is 0 Å². The molecular weight excluding hydrogens is 228 g/mol. The van der Waals surface area contributed by atoms with Gasteiger partial charge in [0.15, 0.2) is 0 Å². The van der Waals surface area contributed by atoms with Crippen LogP contribution in [0.15, 0.2) is 60.7 Å². The van der Waals surface area contributed by atoms with Crippen molar-refractivity contribution in [2.45, 2.75) is 11.9 Å². The summed E-state index contributed by atoms with van der Waals surface area (Å²) in [6, 6.07) is 20.2. The molecule has 1 N–H and O–H groups in total. The first-order valence-corrected chi connectivity index (χ1v) is 6.86. The molecule has 2 aromatic rings. The first-order valence-electron chi connectivity index (χ1n) is 5.71. The lowest BCUT2D eigenvalue weighted by molar-refractivity contribution is 0.204. The van der Waals surface area contributed by atoms with Crippen molar-refractivity contribution in [3.63, 3.8) is 0 Å². The third kappa shape index (κ3) is 3.91. The Labute approximate surface area is 107 Å². The van der Waals surface area contributed by atoms with Crippen LogP contribution in [0.2, 0.25) is 0 Å². The van der Waals surface area contributed by atoms with E-state index in [1.54, 1.807) is 11.8 Å². The number of aliphatic hydroxyl groups excluding tert-OH is 1. The molecule has 2 rings (SSSR count). The molecule has 0 amide bonds. The standard InChI is InChI=1S/C15H16OS/c16-15(14-9-5-2-6-10-14)12-17-11-13-7-3-1-4-8-13/h1-10,15-16H,11-12H2/t15-/m1/s1. The quantitative estimate of drug-likeness (QED) is 0.866. The highest BCUT2D eigenvalue weighted by Gasteiger charge is 2.06. The van der Waals surface area contributed by atoms with Gasteiger partial charge in [0.25, 0.3) is 0 Å². The van der Waals surface area contributed by atoms with Crippen LogP contribution in [0.25, 0.3) is 0 Å². The Morgan fingerprint density at radius 3 is 2.12 bits per heavy atom. The second-order valence-corrected chi connectivity index (χ2v) is 4.96. The SMILES string of the molecule is O[C@H](CSCc1ccccc1)c1ccccc1. The first kappa shape index (κ1) is 12.2. The topological polar surface area (TPSA) is 20.2 Å². The zero-order valence-electron chi connectivity index (χ0n) is 9.62. The van der Waals surface area contributed by atoms with Gasteiger partial charge in [-0.05, 0) is 11.1 Å². The van der Waals surface area contributed by atoms with E-state index in [1.165, 1.54) is 5.56 Å². The van der Waals surface area contributed by atoms with Crippen LogP contribution in [0, 0.1) is 0 Å². The maximum atomic E-state index is 9.98. The Bertz CT molecular complexity index is 427. The van der Waals surface area contributed by atoms with Crippen molar-refractivity contribution in [2.75, 3.05) is 5.75 Å². The largest absolute Gasteiger partial charge is 0.388 e. The maximum absolute atomic E-state index is 9.98. The Balaban J connectivity index is 1.79. The molecule has 0 aliphatic rings. The zero-order valence-corrected chi connectivity index (χ0v) is 10.4. The van der Waals surface area contributed by atoms with E-state index in [1.807, 2.05) is 48.5 Å². The molecule has 0 bridgehead atoms. The van der Waals surface area contributed by atoms with Crippen LogP contribution in [0.5, 0.6) is 0 Å². The van der Waals surface area contributed by atoms with Gasteiger partial charge in [-0.1, -0.05) is 60.7 Å². The predicted molar refractivity (Wildman–Crippen MR) is 74.0 cm³/mol. The zero-order chi connectivity index (χ0) is 11.9. The summed E-state index contributed by atoms with van der Waals surface area (Å²) in [7, 11) is 0. The summed E-state index contributed by atoms with van der Waals surface area (Å²) in [5.74, 6) is 1.68. The molecular formula is C15H16OS. The fourth-order valence-electron chi connectivity index (χ4n) is 1.63. The fraction of sp³-hybridized carbons (Fsp3) is 0.200. The Morgan fingerprint density at radius 1 is 0.882 bits per heavy atom. The van der Waals surface area contributed by atoms with Gasteiger partial charge >= 0.3 is 0 Å². The van der Waals surface area contributed by atoms with E-state index in [9.17, 15) is 5.11 Å². The Kier molecular flexibility index (Phi) is 4.65. The molecule has 88 valence electrons. The number of hydrogen-bond donors (Lipinski definition) is 1. The summed E-state index contributed by atoms with van der Waals surface area (Å²) >= 11 is 1.76. The number of thioether (sulfide) groups is 1.